The molecule has 7 heteroatoms. The molecule has 2 rings (SSSR count). The number of rotatable bonds is 7. The molecule has 0 aromatic carbocycles. The summed E-state index contributed by atoms with van der Waals surface area (Å²) in [7, 11) is 1.47. The molecule has 0 aliphatic rings. The van der Waals surface area contributed by atoms with Crippen molar-refractivity contribution in [3.8, 4) is 11.6 Å². The number of carbonyl (C=O) groups is 1. The minimum absolute atomic E-state index is 0.200. The smallest absolute Gasteiger partial charge is 0.213 e. The second kappa shape index (κ2) is 7.69. The van der Waals surface area contributed by atoms with Gasteiger partial charge in [0.25, 0.3) is 0 Å². The molecule has 118 valence electrons. The van der Waals surface area contributed by atoms with Crippen LogP contribution in [0.5, 0.6) is 11.6 Å². The van der Waals surface area contributed by atoms with E-state index in [0.29, 0.717) is 34.6 Å². The summed E-state index contributed by atoms with van der Waals surface area (Å²) in [6, 6.07) is 3.32. The van der Waals surface area contributed by atoms with Crippen molar-refractivity contribution in [2.24, 2.45) is 5.73 Å². The zero-order valence-corrected chi connectivity index (χ0v) is 12.5. The van der Waals surface area contributed by atoms with Crippen LogP contribution in [-0.4, -0.2) is 29.6 Å². The maximum atomic E-state index is 11.1. The van der Waals surface area contributed by atoms with E-state index in [1.165, 1.54) is 25.6 Å². The number of pyridine rings is 2. The number of methoxy groups -OCH3 is 1. The van der Waals surface area contributed by atoms with Crippen molar-refractivity contribution in [3.63, 3.8) is 0 Å². The van der Waals surface area contributed by atoms with Gasteiger partial charge in [-0.3, -0.25) is 9.78 Å². The van der Waals surface area contributed by atoms with E-state index in [9.17, 15) is 4.79 Å². The van der Waals surface area contributed by atoms with Crippen LogP contribution in [0.2, 0.25) is 0 Å². The monoisotopic (exact) mass is 312 g/mol. The fourth-order valence-electron chi connectivity index (χ4n) is 1.88. The van der Waals surface area contributed by atoms with Crippen LogP contribution in [0.4, 0.5) is 0 Å². The molecule has 0 saturated heterocycles. The van der Waals surface area contributed by atoms with Crippen LogP contribution in [0.1, 0.15) is 21.5 Å². The first kappa shape index (κ1) is 16.2. The number of carbonyl (C=O) groups excluding carboxylic acids is 1. The summed E-state index contributed by atoms with van der Waals surface area (Å²) in [5.41, 5.74) is 7.86. The highest BCUT2D eigenvalue weighted by molar-refractivity contribution is 6.07. The molecule has 3 N–H and O–H groups in total. The minimum atomic E-state index is 0.200. The second-order valence-corrected chi connectivity index (χ2v) is 4.52. The van der Waals surface area contributed by atoms with Crippen molar-refractivity contribution in [1.29, 1.82) is 5.41 Å². The Morgan fingerprint density at radius 3 is 2.83 bits per heavy atom. The number of ether oxygens (including phenoxy) is 2. The Hall–Kier alpha value is -3.22. The molecule has 2 heterocycles. The average Bonchev–Trinajstić information content (AvgIpc) is 2.61. The van der Waals surface area contributed by atoms with E-state index in [0.717, 1.165) is 11.8 Å². The van der Waals surface area contributed by atoms with Gasteiger partial charge in [-0.1, -0.05) is 0 Å². The van der Waals surface area contributed by atoms with Crippen LogP contribution in [0.15, 0.2) is 36.9 Å². The van der Waals surface area contributed by atoms with Gasteiger partial charge in [0, 0.05) is 47.6 Å². The lowest BCUT2D eigenvalue weighted by Crippen LogP contribution is -2.01. The highest BCUT2D eigenvalue weighted by Crippen LogP contribution is 2.21. The van der Waals surface area contributed by atoms with Gasteiger partial charge in [-0.15, -0.1) is 0 Å². The molecule has 0 atom stereocenters. The molecule has 0 aliphatic heterocycles. The quantitative estimate of drug-likeness (QED) is 0.596. The van der Waals surface area contributed by atoms with Gasteiger partial charge in [-0.05, 0) is 6.07 Å². The van der Waals surface area contributed by atoms with Crippen molar-refractivity contribution in [3.05, 3.63) is 53.6 Å². The summed E-state index contributed by atoms with van der Waals surface area (Å²) < 4.78 is 10.6. The van der Waals surface area contributed by atoms with Crippen molar-refractivity contribution in [1.82, 2.24) is 9.97 Å². The Bertz CT molecular complexity index is 744. The lowest BCUT2D eigenvalue weighted by Gasteiger charge is -2.10. The number of hydrogen-bond acceptors (Lipinski definition) is 7. The zero-order chi connectivity index (χ0) is 16.7. The molecule has 2 aromatic heterocycles. The molecule has 23 heavy (non-hydrogen) atoms. The third kappa shape index (κ3) is 3.91. The van der Waals surface area contributed by atoms with Gasteiger partial charge >= 0.3 is 0 Å². The summed E-state index contributed by atoms with van der Waals surface area (Å²) in [6.45, 7) is 0.200. The van der Waals surface area contributed by atoms with Crippen LogP contribution >= 0.6 is 0 Å². The standard InChI is InChI=1S/C16H16N4O3/c1-22-16-3-13(9-21)15(8-20-16)23-10-11-2-12(7-19-6-11)14(4-17)5-18/h2-9,17H,10,18H2,1H3/b14-5+,17-4?. The van der Waals surface area contributed by atoms with Crippen LogP contribution < -0.4 is 15.2 Å². The fourth-order valence-corrected chi connectivity index (χ4v) is 1.88. The molecule has 0 saturated carbocycles. The number of aromatic nitrogens is 2. The van der Waals surface area contributed by atoms with Gasteiger partial charge in [0.2, 0.25) is 5.88 Å². The van der Waals surface area contributed by atoms with Crippen LogP contribution in [0.25, 0.3) is 5.57 Å². The Kier molecular flexibility index (Phi) is 5.40. The van der Waals surface area contributed by atoms with E-state index in [1.54, 1.807) is 12.4 Å². The molecular formula is C16H16N4O3. The predicted octanol–water partition coefficient (Wildman–Crippen LogP) is 1.83. The Morgan fingerprint density at radius 1 is 1.35 bits per heavy atom. The van der Waals surface area contributed by atoms with Gasteiger partial charge < -0.3 is 20.6 Å². The van der Waals surface area contributed by atoms with E-state index in [1.807, 2.05) is 6.07 Å². The summed E-state index contributed by atoms with van der Waals surface area (Å²) >= 11 is 0. The highest BCUT2D eigenvalue weighted by Gasteiger charge is 2.07. The number of nitrogens with zero attached hydrogens (tertiary/aromatic N) is 2. The van der Waals surface area contributed by atoms with Crippen LogP contribution in [0, 0.1) is 5.41 Å². The number of nitrogens with one attached hydrogen (secondary N) is 1. The normalized spacial score (nSPS) is 10.9. The Morgan fingerprint density at radius 2 is 2.17 bits per heavy atom. The van der Waals surface area contributed by atoms with E-state index in [2.05, 4.69) is 9.97 Å². The maximum absolute atomic E-state index is 11.1. The fraction of sp³-hybridized carbons (Fsp3) is 0.125. The molecule has 0 bridgehead atoms. The zero-order valence-electron chi connectivity index (χ0n) is 12.5. The Balaban J connectivity index is 2.17. The maximum Gasteiger partial charge on any atom is 0.213 e. The SMILES string of the molecule is COc1cc(C=O)c(OCc2cncc(/C(C=N)=C/N)c2)cn1. The minimum Gasteiger partial charge on any atom is -0.486 e. The summed E-state index contributed by atoms with van der Waals surface area (Å²) in [6.07, 6.45) is 7.85. The number of hydrogen-bond donors (Lipinski definition) is 2. The van der Waals surface area contributed by atoms with Gasteiger partial charge in [-0.2, -0.15) is 0 Å². The van der Waals surface area contributed by atoms with Crippen molar-refractivity contribution in [2.75, 3.05) is 7.11 Å². The number of aldehydes is 1. The van der Waals surface area contributed by atoms with Crippen molar-refractivity contribution in [2.45, 2.75) is 6.61 Å². The lowest BCUT2D eigenvalue weighted by atomic mass is 10.1. The van der Waals surface area contributed by atoms with Crippen molar-refractivity contribution < 1.29 is 14.3 Å². The Labute approximate surface area is 133 Å². The highest BCUT2D eigenvalue weighted by atomic mass is 16.5. The van der Waals surface area contributed by atoms with E-state index >= 15 is 0 Å². The van der Waals surface area contributed by atoms with E-state index in [4.69, 9.17) is 20.6 Å². The topological polar surface area (TPSA) is 111 Å². The second-order valence-electron chi connectivity index (χ2n) is 4.52. The molecule has 0 amide bonds. The van der Waals surface area contributed by atoms with E-state index in [-0.39, 0.29) is 6.61 Å². The van der Waals surface area contributed by atoms with Gasteiger partial charge in [0.15, 0.2) is 6.29 Å². The molecular weight excluding hydrogens is 296 g/mol. The molecule has 0 spiro atoms. The lowest BCUT2D eigenvalue weighted by molar-refractivity contribution is 0.111. The van der Waals surface area contributed by atoms with Crippen LogP contribution in [0.3, 0.4) is 0 Å². The first-order valence-electron chi connectivity index (χ1n) is 6.70. The third-order valence-corrected chi connectivity index (χ3v) is 3.07. The van der Waals surface area contributed by atoms with Gasteiger partial charge in [0.05, 0.1) is 18.9 Å². The third-order valence-electron chi connectivity index (χ3n) is 3.07. The molecule has 0 unspecified atom stereocenters. The predicted molar refractivity (Wildman–Crippen MR) is 85.7 cm³/mol. The molecule has 0 aliphatic carbocycles. The summed E-state index contributed by atoms with van der Waals surface area (Å²) in [5, 5.41) is 7.30. The molecule has 0 fully saturated rings. The first-order chi connectivity index (χ1) is 11.2. The number of allylic oxidation sites excluding steroid dienone is 1. The molecule has 2 aromatic rings. The molecule has 0 radical (unpaired) electrons. The average molecular weight is 312 g/mol. The largest absolute Gasteiger partial charge is 0.486 e. The first-order valence-corrected chi connectivity index (χ1v) is 6.70. The number of nitrogens with two attached hydrogens (primary N) is 1. The summed E-state index contributed by atoms with van der Waals surface area (Å²) in [5.74, 6) is 0.694. The molecule has 7 nitrogen and oxygen atoms in total. The van der Waals surface area contributed by atoms with Gasteiger partial charge in [-0.25, -0.2) is 4.98 Å². The summed E-state index contributed by atoms with van der Waals surface area (Å²) in [4.78, 5) is 19.2. The van der Waals surface area contributed by atoms with Crippen LogP contribution in [-0.2, 0) is 6.61 Å². The van der Waals surface area contributed by atoms with Crippen molar-refractivity contribution >= 4 is 18.1 Å². The van der Waals surface area contributed by atoms with E-state index < -0.39 is 0 Å². The van der Waals surface area contributed by atoms with Gasteiger partial charge in [0.1, 0.15) is 12.4 Å².